The Morgan fingerprint density at radius 3 is 2.50 bits per heavy atom. The molecule has 1 aliphatic rings. The fourth-order valence-corrected chi connectivity index (χ4v) is 2.41. The molecule has 3 nitrogen and oxygen atoms in total. The molecule has 16 heavy (non-hydrogen) atoms. The normalized spacial score (nSPS) is 20.2. The Morgan fingerprint density at radius 2 is 1.94 bits per heavy atom. The molecule has 0 aromatic rings. The van der Waals surface area contributed by atoms with Crippen molar-refractivity contribution in [1.29, 1.82) is 0 Å². The molecule has 1 fully saturated rings. The van der Waals surface area contributed by atoms with Crippen molar-refractivity contribution < 1.29 is 9.84 Å². The van der Waals surface area contributed by atoms with Gasteiger partial charge in [0.25, 0.3) is 0 Å². The van der Waals surface area contributed by atoms with Crippen LogP contribution in [0.5, 0.6) is 0 Å². The average molecular weight is 229 g/mol. The fraction of sp³-hybridized carbons (Fsp3) is 1.00. The number of hydrogen-bond donors (Lipinski definition) is 2. The Bertz CT molecular complexity index is 177. The smallest absolute Gasteiger partial charge is 0.0594 e. The second-order valence-corrected chi connectivity index (χ2v) is 5.32. The van der Waals surface area contributed by atoms with Crippen molar-refractivity contribution in [2.24, 2.45) is 5.41 Å². The highest BCUT2D eigenvalue weighted by atomic mass is 16.5. The minimum Gasteiger partial charge on any atom is -0.396 e. The Morgan fingerprint density at radius 1 is 1.25 bits per heavy atom. The van der Waals surface area contributed by atoms with Crippen molar-refractivity contribution >= 4 is 0 Å². The van der Waals surface area contributed by atoms with E-state index in [1.807, 2.05) is 0 Å². The van der Waals surface area contributed by atoms with Gasteiger partial charge in [0, 0.05) is 25.1 Å². The average Bonchev–Trinajstić information content (AvgIpc) is 2.29. The Kier molecular flexibility index (Phi) is 6.32. The van der Waals surface area contributed by atoms with Gasteiger partial charge in [-0.15, -0.1) is 0 Å². The van der Waals surface area contributed by atoms with Crippen LogP contribution >= 0.6 is 0 Å². The molecule has 3 heteroatoms. The van der Waals surface area contributed by atoms with Gasteiger partial charge < -0.3 is 15.2 Å². The van der Waals surface area contributed by atoms with Crippen LogP contribution in [-0.2, 0) is 4.74 Å². The second kappa shape index (κ2) is 7.25. The van der Waals surface area contributed by atoms with Crippen LogP contribution in [0.1, 0.15) is 46.0 Å². The van der Waals surface area contributed by atoms with Gasteiger partial charge in [0.2, 0.25) is 0 Å². The molecule has 0 aromatic carbocycles. The summed E-state index contributed by atoms with van der Waals surface area (Å²) in [5, 5.41) is 12.9. The van der Waals surface area contributed by atoms with Gasteiger partial charge in [-0.2, -0.15) is 0 Å². The van der Waals surface area contributed by atoms with E-state index in [-0.39, 0.29) is 5.41 Å². The molecule has 0 amide bonds. The minimum atomic E-state index is 0.149. The van der Waals surface area contributed by atoms with Gasteiger partial charge in [-0.05, 0) is 26.7 Å². The number of ether oxygens (including phenoxy) is 1. The third-order valence-corrected chi connectivity index (χ3v) is 3.48. The third-order valence-electron chi connectivity index (χ3n) is 3.48. The van der Waals surface area contributed by atoms with Crippen LogP contribution in [0.25, 0.3) is 0 Å². The van der Waals surface area contributed by atoms with Gasteiger partial charge >= 0.3 is 0 Å². The van der Waals surface area contributed by atoms with Gasteiger partial charge in [0.15, 0.2) is 0 Å². The molecule has 0 radical (unpaired) electrons. The molecule has 0 saturated heterocycles. The monoisotopic (exact) mass is 229 g/mol. The van der Waals surface area contributed by atoms with Crippen LogP contribution in [0.15, 0.2) is 0 Å². The molecule has 1 saturated carbocycles. The summed E-state index contributed by atoms with van der Waals surface area (Å²) in [7, 11) is 0. The van der Waals surface area contributed by atoms with Crippen LogP contribution in [0.2, 0.25) is 0 Å². The van der Waals surface area contributed by atoms with Crippen molar-refractivity contribution in [1.82, 2.24) is 5.32 Å². The van der Waals surface area contributed by atoms with Crippen LogP contribution in [0.4, 0.5) is 0 Å². The Labute approximate surface area is 99.6 Å². The van der Waals surface area contributed by atoms with Crippen LogP contribution in [0, 0.1) is 5.41 Å². The minimum absolute atomic E-state index is 0.149. The number of nitrogens with one attached hydrogen (secondary N) is 1. The van der Waals surface area contributed by atoms with E-state index in [2.05, 4.69) is 19.2 Å². The van der Waals surface area contributed by atoms with Crippen LogP contribution in [0.3, 0.4) is 0 Å². The quantitative estimate of drug-likeness (QED) is 0.656. The lowest BCUT2D eigenvalue weighted by Crippen LogP contribution is -2.40. The summed E-state index contributed by atoms with van der Waals surface area (Å²) in [5.41, 5.74) is 0.149. The maximum Gasteiger partial charge on any atom is 0.0594 e. The van der Waals surface area contributed by atoms with Crippen molar-refractivity contribution in [3.63, 3.8) is 0 Å². The largest absolute Gasteiger partial charge is 0.396 e. The predicted molar refractivity (Wildman–Crippen MR) is 66.6 cm³/mol. The zero-order chi connectivity index (χ0) is 11.9. The van der Waals surface area contributed by atoms with E-state index in [4.69, 9.17) is 4.74 Å². The SMILES string of the molecule is CC(C)OCCNCC1(CO)CCCCC1. The first-order chi connectivity index (χ1) is 7.68. The van der Waals surface area contributed by atoms with Crippen LogP contribution in [-0.4, -0.2) is 37.5 Å². The van der Waals surface area contributed by atoms with E-state index >= 15 is 0 Å². The van der Waals surface area contributed by atoms with E-state index in [9.17, 15) is 5.11 Å². The van der Waals surface area contributed by atoms with E-state index in [1.165, 1.54) is 32.1 Å². The van der Waals surface area contributed by atoms with E-state index < -0.39 is 0 Å². The number of rotatable bonds is 7. The summed E-state index contributed by atoms with van der Waals surface area (Å²) in [4.78, 5) is 0. The lowest BCUT2D eigenvalue weighted by Gasteiger charge is -2.35. The number of hydrogen-bond acceptors (Lipinski definition) is 3. The van der Waals surface area contributed by atoms with Gasteiger partial charge in [-0.25, -0.2) is 0 Å². The number of aliphatic hydroxyl groups excluding tert-OH is 1. The molecule has 1 aliphatic carbocycles. The van der Waals surface area contributed by atoms with Crippen molar-refractivity contribution in [3.8, 4) is 0 Å². The zero-order valence-corrected chi connectivity index (χ0v) is 10.8. The lowest BCUT2D eigenvalue weighted by molar-refractivity contribution is 0.0638. The second-order valence-electron chi connectivity index (χ2n) is 5.32. The molecule has 1 rings (SSSR count). The molecule has 0 atom stereocenters. The van der Waals surface area contributed by atoms with Gasteiger partial charge in [-0.3, -0.25) is 0 Å². The van der Waals surface area contributed by atoms with Crippen molar-refractivity contribution in [3.05, 3.63) is 0 Å². The van der Waals surface area contributed by atoms with Crippen molar-refractivity contribution in [2.75, 3.05) is 26.3 Å². The number of aliphatic hydroxyl groups is 1. The highest BCUT2D eigenvalue weighted by molar-refractivity contribution is 4.84. The van der Waals surface area contributed by atoms with Crippen LogP contribution < -0.4 is 5.32 Å². The van der Waals surface area contributed by atoms with Gasteiger partial charge in [-0.1, -0.05) is 19.3 Å². The molecular weight excluding hydrogens is 202 g/mol. The molecule has 0 bridgehead atoms. The highest BCUT2D eigenvalue weighted by Crippen LogP contribution is 2.35. The Balaban J connectivity index is 2.13. The summed E-state index contributed by atoms with van der Waals surface area (Å²) in [6, 6.07) is 0. The molecule has 0 unspecified atom stereocenters. The van der Waals surface area contributed by atoms with Crippen molar-refractivity contribution in [2.45, 2.75) is 52.1 Å². The lowest BCUT2D eigenvalue weighted by atomic mass is 9.74. The molecule has 0 spiro atoms. The first kappa shape index (κ1) is 13.9. The summed E-state index contributed by atoms with van der Waals surface area (Å²) in [5.74, 6) is 0. The molecule has 0 heterocycles. The third kappa shape index (κ3) is 4.81. The summed E-state index contributed by atoms with van der Waals surface area (Å²) in [6.45, 7) is 7.02. The summed E-state index contributed by atoms with van der Waals surface area (Å²) >= 11 is 0. The zero-order valence-electron chi connectivity index (χ0n) is 10.8. The standard InChI is InChI=1S/C13H27NO2/c1-12(2)16-9-8-14-10-13(11-15)6-4-3-5-7-13/h12,14-15H,3-11H2,1-2H3. The maximum atomic E-state index is 9.52. The molecule has 0 aromatic heterocycles. The van der Waals surface area contributed by atoms with E-state index in [0.717, 1.165) is 19.7 Å². The fourth-order valence-electron chi connectivity index (χ4n) is 2.41. The molecule has 96 valence electrons. The van der Waals surface area contributed by atoms with E-state index in [1.54, 1.807) is 0 Å². The molecular formula is C13H27NO2. The molecule has 2 N–H and O–H groups in total. The summed E-state index contributed by atoms with van der Waals surface area (Å²) in [6.07, 6.45) is 6.51. The predicted octanol–water partition coefficient (Wildman–Crippen LogP) is 1.94. The first-order valence-electron chi connectivity index (χ1n) is 6.62. The van der Waals surface area contributed by atoms with E-state index in [0.29, 0.717) is 12.7 Å². The molecule has 0 aliphatic heterocycles. The summed E-state index contributed by atoms with van der Waals surface area (Å²) < 4.78 is 5.47. The maximum absolute atomic E-state index is 9.52. The topological polar surface area (TPSA) is 41.5 Å². The van der Waals surface area contributed by atoms with Gasteiger partial charge in [0.1, 0.15) is 0 Å². The Hall–Kier alpha value is -0.120. The first-order valence-corrected chi connectivity index (χ1v) is 6.62. The van der Waals surface area contributed by atoms with Gasteiger partial charge in [0.05, 0.1) is 12.7 Å². The highest BCUT2D eigenvalue weighted by Gasteiger charge is 2.30.